The van der Waals surface area contributed by atoms with Gasteiger partial charge in [-0.15, -0.1) is 0 Å². The van der Waals surface area contributed by atoms with Gasteiger partial charge in [-0.25, -0.2) is 4.79 Å². The first-order chi connectivity index (χ1) is 9.74. The highest BCUT2D eigenvalue weighted by Gasteiger charge is 2.38. The van der Waals surface area contributed by atoms with Crippen LogP contribution in [0.3, 0.4) is 0 Å². The molecule has 2 atom stereocenters. The molecule has 1 amide bonds. The molecular formula is C16H21NO3. The summed E-state index contributed by atoms with van der Waals surface area (Å²) in [5.74, 6) is 0.714. The Labute approximate surface area is 119 Å². The smallest absolute Gasteiger partial charge is 0.407 e. The third kappa shape index (κ3) is 3.12. The zero-order valence-corrected chi connectivity index (χ0v) is 11.6. The molecule has 0 radical (unpaired) electrons. The molecule has 1 heterocycles. The number of rotatable bonds is 5. The Morgan fingerprint density at radius 3 is 2.65 bits per heavy atom. The molecule has 2 fully saturated rings. The van der Waals surface area contributed by atoms with Gasteiger partial charge < -0.3 is 14.7 Å². The average Bonchev–Trinajstić information content (AvgIpc) is 3.19. The van der Waals surface area contributed by atoms with Gasteiger partial charge in [-0.3, -0.25) is 0 Å². The second-order valence-electron chi connectivity index (χ2n) is 5.84. The monoisotopic (exact) mass is 275 g/mol. The molecule has 20 heavy (non-hydrogen) atoms. The molecule has 4 heteroatoms. The Kier molecular flexibility index (Phi) is 3.92. The van der Waals surface area contributed by atoms with E-state index in [0.717, 1.165) is 19.4 Å². The zero-order valence-electron chi connectivity index (χ0n) is 11.6. The predicted octanol–water partition coefficient (Wildman–Crippen LogP) is 2.78. The van der Waals surface area contributed by atoms with E-state index in [1.165, 1.54) is 18.4 Å². The summed E-state index contributed by atoms with van der Waals surface area (Å²) in [4.78, 5) is 12.9. The largest absolute Gasteiger partial charge is 0.465 e. The van der Waals surface area contributed by atoms with Crippen LogP contribution in [0.1, 0.15) is 24.8 Å². The molecule has 4 nitrogen and oxygen atoms in total. The van der Waals surface area contributed by atoms with E-state index < -0.39 is 6.09 Å². The highest BCUT2D eigenvalue weighted by molar-refractivity contribution is 5.66. The van der Waals surface area contributed by atoms with Crippen LogP contribution in [-0.4, -0.2) is 41.4 Å². The van der Waals surface area contributed by atoms with E-state index in [0.29, 0.717) is 12.5 Å². The van der Waals surface area contributed by atoms with Crippen LogP contribution in [0.25, 0.3) is 0 Å². The Balaban J connectivity index is 1.67. The maximum Gasteiger partial charge on any atom is 0.407 e. The number of hydrogen-bond acceptors (Lipinski definition) is 2. The number of nitrogens with zero attached hydrogens (tertiary/aromatic N) is 1. The first kappa shape index (κ1) is 13.4. The van der Waals surface area contributed by atoms with Gasteiger partial charge in [0.25, 0.3) is 0 Å². The lowest BCUT2D eigenvalue weighted by Gasteiger charge is -2.26. The van der Waals surface area contributed by atoms with Gasteiger partial charge in [-0.2, -0.15) is 0 Å². The van der Waals surface area contributed by atoms with Gasteiger partial charge in [0.15, 0.2) is 0 Å². The molecule has 1 aliphatic carbocycles. The van der Waals surface area contributed by atoms with Crippen LogP contribution in [0.4, 0.5) is 4.79 Å². The summed E-state index contributed by atoms with van der Waals surface area (Å²) in [5.41, 5.74) is 1.17. The fourth-order valence-corrected chi connectivity index (χ4v) is 2.90. The van der Waals surface area contributed by atoms with E-state index in [1.807, 2.05) is 18.2 Å². The van der Waals surface area contributed by atoms with Crippen molar-refractivity contribution >= 4 is 6.09 Å². The van der Waals surface area contributed by atoms with Crippen molar-refractivity contribution in [2.75, 3.05) is 13.2 Å². The molecule has 0 spiro atoms. The van der Waals surface area contributed by atoms with Crippen molar-refractivity contribution in [3.8, 4) is 0 Å². The van der Waals surface area contributed by atoms with E-state index in [-0.39, 0.29) is 12.1 Å². The Hall–Kier alpha value is -1.55. The van der Waals surface area contributed by atoms with Gasteiger partial charge in [0.1, 0.15) is 0 Å². The van der Waals surface area contributed by atoms with Gasteiger partial charge >= 0.3 is 6.09 Å². The van der Waals surface area contributed by atoms with Crippen molar-refractivity contribution < 1.29 is 14.6 Å². The van der Waals surface area contributed by atoms with E-state index in [2.05, 4.69) is 12.1 Å². The van der Waals surface area contributed by atoms with Crippen molar-refractivity contribution in [3.63, 3.8) is 0 Å². The van der Waals surface area contributed by atoms with Crippen LogP contribution >= 0.6 is 0 Å². The molecule has 0 bridgehead atoms. The first-order valence-electron chi connectivity index (χ1n) is 7.39. The second kappa shape index (κ2) is 5.83. The summed E-state index contributed by atoms with van der Waals surface area (Å²) in [6.07, 6.45) is 3.30. The average molecular weight is 275 g/mol. The van der Waals surface area contributed by atoms with Gasteiger partial charge in [0.2, 0.25) is 0 Å². The first-order valence-corrected chi connectivity index (χ1v) is 7.39. The molecule has 1 aromatic carbocycles. The molecule has 2 aliphatic rings. The summed E-state index contributed by atoms with van der Waals surface area (Å²) in [6.45, 7) is 1.38. The summed E-state index contributed by atoms with van der Waals surface area (Å²) >= 11 is 0. The lowest BCUT2D eigenvalue weighted by atomic mass is 10.0. The predicted molar refractivity (Wildman–Crippen MR) is 75.7 cm³/mol. The Morgan fingerprint density at radius 2 is 2.00 bits per heavy atom. The molecule has 3 rings (SSSR count). The maximum absolute atomic E-state index is 11.4. The number of likely N-dealkylation sites (tertiary alicyclic amines) is 1. The van der Waals surface area contributed by atoms with Crippen LogP contribution in [0.15, 0.2) is 30.3 Å². The highest BCUT2D eigenvalue weighted by Crippen LogP contribution is 2.31. The van der Waals surface area contributed by atoms with Crippen molar-refractivity contribution in [1.29, 1.82) is 0 Å². The number of carbonyl (C=O) groups is 1. The minimum Gasteiger partial charge on any atom is -0.465 e. The lowest BCUT2D eigenvalue weighted by Crippen LogP contribution is -2.41. The molecule has 1 N–H and O–H groups in total. The normalized spacial score (nSPS) is 25.9. The number of carboxylic acid groups (broad SMARTS) is 1. The standard InChI is InChI=1S/C16H21NO3/c18-16(19)17-9-8-15(20-11-13-6-7-13)14(17)10-12-4-2-1-3-5-12/h1-5,13-15H,6-11H2,(H,18,19)/t14-,15+/m0/s1. The Morgan fingerprint density at radius 1 is 1.25 bits per heavy atom. The quantitative estimate of drug-likeness (QED) is 0.899. The second-order valence-corrected chi connectivity index (χ2v) is 5.84. The van der Waals surface area contributed by atoms with Crippen LogP contribution < -0.4 is 0 Å². The Bertz CT molecular complexity index is 458. The topological polar surface area (TPSA) is 49.8 Å². The fraction of sp³-hybridized carbons (Fsp3) is 0.562. The van der Waals surface area contributed by atoms with Crippen LogP contribution in [-0.2, 0) is 11.2 Å². The minimum absolute atomic E-state index is 0.0475. The van der Waals surface area contributed by atoms with Crippen molar-refractivity contribution in [2.45, 2.75) is 37.8 Å². The van der Waals surface area contributed by atoms with E-state index in [1.54, 1.807) is 4.90 Å². The summed E-state index contributed by atoms with van der Waals surface area (Å²) in [6, 6.07) is 10.0. The van der Waals surface area contributed by atoms with Crippen LogP contribution in [0.5, 0.6) is 0 Å². The molecule has 1 aromatic rings. The van der Waals surface area contributed by atoms with Crippen LogP contribution in [0.2, 0.25) is 0 Å². The number of hydrogen-bond donors (Lipinski definition) is 1. The van der Waals surface area contributed by atoms with E-state index in [4.69, 9.17) is 4.74 Å². The third-order valence-electron chi connectivity index (χ3n) is 4.26. The number of ether oxygens (including phenoxy) is 1. The van der Waals surface area contributed by atoms with E-state index in [9.17, 15) is 9.90 Å². The number of amides is 1. The molecule has 0 aromatic heterocycles. The summed E-state index contributed by atoms with van der Waals surface area (Å²) < 4.78 is 5.99. The molecule has 1 aliphatic heterocycles. The van der Waals surface area contributed by atoms with Gasteiger partial charge in [0, 0.05) is 13.2 Å². The molecular weight excluding hydrogens is 254 g/mol. The SMILES string of the molecule is O=C(O)N1CC[C@@H](OCC2CC2)[C@@H]1Cc1ccccc1. The molecule has 0 unspecified atom stereocenters. The minimum atomic E-state index is -0.830. The molecule has 1 saturated carbocycles. The van der Waals surface area contributed by atoms with Crippen molar-refractivity contribution in [1.82, 2.24) is 4.90 Å². The zero-order chi connectivity index (χ0) is 13.9. The number of benzene rings is 1. The highest BCUT2D eigenvalue weighted by atomic mass is 16.5. The molecule has 1 saturated heterocycles. The van der Waals surface area contributed by atoms with Crippen molar-refractivity contribution in [2.24, 2.45) is 5.92 Å². The fourth-order valence-electron chi connectivity index (χ4n) is 2.90. The molecule has 108 valence electrons. The van der Waals surface area contributed by atoms with Gasteiger partial charge in [-0.05, 0) is 37.2 Å². The lowest BCUT2D eigenvalue weighted by molar-refractivity contribution is 0.0221. The van der Waals surface area contributed by atoms with E-state index >= 15 is 0 Å². The third-order valence-corrected chi connectivity index (χ3v) is 4.26. The van der Waals surface area contributed by atoms with Gasteiger partial charge in [-0.1, -0.05) is 30.3 Å². The summed E-state index contributed by atoms with van der Waals surface area (Å²) in [7, 11) is 0. The van der Waals surface area contributed by atoms with Crippen molar-refractivity contribution in [3.05, 3.63) is 35.9 Å². The van der Waals surface area contributed by atoms with Crippen LogP contribution in [0, 0.1) is 5.92 Å². The van der Waals surface area contributed by atoms with Gasteiger partial charge in [0.05, 0.1) is 12.1 Å². The maximum atomic E-state index is 11.4. The summed E-state index contributed by atoms with van der Waals surface area (Å²) in [5, 5.41) is 9.34.